The standard InChI is InChI=1S/C21H23N7/c1-15-9-7-8-12-19(15)28-21(24-25-26-28)20(17-10-5-4-6-11-17)27(3)14-18-13-16(2)22-23-18/h4-13,20H,14H2,1-3H3,(H,22,23)/t20-/m0/s1. The molecular formula is C21H23N7. The van der Waals surface area contributed by atoms with E-state index in [1.165, 1.54) is 0 Å². The highest BCUT2D eigenvalue weighted by Crippen LogP contribution is 2.29. The molecule has 0 aliphatic rings. The fourth-order valence-corrected chi connectivity index (χ4v) is 3.48. The summed E-state index contributed by atoms with van der Waals surface area (Å²) in [6.07, 6.45) is 0. The molecule has 2 aromatic heterocycles. The van der Waals surface area contributed by atoms with Crippen molar-refractivity contribution in [2.24, 2.45) is 0 Å². The van der Waals surface area contributed by atoms with Crippen molar-refractivity contribution in [3.8, 4) is 5.69 Å². The molecule has 7 heteroatoms. The van der Waals surface area contributed by atoms with Crippen molar-refractivity contribution in [3.63, 3.8) is 0 Å². The van der Waals surface area contributed by atoms with E-state index in [0.717, 1.165) is 34.0 Å². The first kappa shape index (κ1) is 18.1. The normalized spacial score (nSPS) is 12.4. The van der Waals surface area contributed by atoms with Crippen LogP contribution in [0.3, 0.4) is 0 Å². The van der Waals surface area contributed by atoms with Gasteiger partial charge in [-0.1, -0.05) is 48.5 Å². The van der Waals surface area contributed by atoms with Gasteiger partial charge in [0.2, 0.25) is 0 Å². The summed E-state index contributed by atoms with van der Waals surface area (Å²) in [5.74, 6) is 0.773. The number of aromatic nitrogens is 6. The molecule has 4 rings (SSSR count). The van der Waals surface area contributed by atoms with Crippen LogP contribution >= 0.6 is 0 Å². The number of aryl methyl sites for hydroxylation is 2. The van der Waals surface area contributed by atoms with E-state index >= 15 is 0 Å². The van der Waals surface area contributed by atoms with Gasteiger partial charge in [-0.25, -0.2) is 0 Å². The Bertz CT molecular complexity index is 1050. The Labute approximate surface area is 164 Å². The number of benzene rings is 2. The van der Waals surface area contributed by atoms with E-state index in [1.807, 2.05) is 48.0 Å². The van der Waals surface area contributed by atoms with Gasteiger partial charge in [0.25, 0.3) is 0 Å². The highest BCUT2D eigenvalue weighted by molar-refractivity contribution is 5.40. The maximum absolute atomic E-state index is 4.41. The number of tetrazole rings is 1. The van der Waals surface area contributed by atoms with Gasteiger partial charge in [-0.15, -0.1) is 5.10 Å². The second-order valence-corrected chi connectivity index (χ2v) is 7.01. The van der Waals surface area contributed by atoms with Gasteiger partial charge in [0.15, 0.2) is 5.82 Å². The first-order chi connectivity index (χ1) is 13.6. The molecule has 4 aromatic rings. The second-order valence-electron chi connectivity index (χ2n) is 7.01. The lowest BCUT2D eigenvalue weighted by Gasteiger charge is -2.27. The lowest BCUT2D eigenvalue weighted by atomic mass is 10.0. The number of nitrogens with zero attached hydrogens (tertiary/aromatic N) is 6. The van der Waals surface area contributed by atoms with Gasteiger partial charge in [0.1, 0.15) is 0 Å². The zero-order valence-corrected chi connectivity index (χ0v) is 16.2. The van der Waals surface area contributed by atoms with Crippen LogP contribution < -0.4 is 0 Å². The SMILES string of the molecule is Cc1cc(CN(C)[C@@H](c2ccccc2)c2nnnn2-c2ccccc2C)n[nH]1. The first-order valence-corrected chi connectivity index (χ1v) is 9.24. The molecule has 0 unspecified atom stereocenters. The number of hydrogen-bond donors (Lipinski definition) is 1. The van der Waals surface area contributed by atoms with E-state index in [2.05, 4.69) is 68.9 Å². The molecule has 142 valence electrons. The summed E-state index contributed by atoms with van der Waals surface area (Å²) in [4.78, 5) is 2.21. The molecule has 0 spiro atoms. The maximum Gasteiger partial charge on any atom is 0.178 e. The van der Waals surface area contributed by atoms with Crippen LogP contribution in [0.25, 0.3) is 5.69 Å². The van der Waals surface area contributed by atoms with Crippen LogP contribution in [-0.4, -0.2) is 42.4 Å². The average molecular weight is 373 g/mol. The minimum atomic E-state index is -0.118. The quantitative estimate of drug-likeness (QED) is 0.562. The minimum absolute atomic E-state index is 0.118. The molecule has 0 bridgehead atoms. The third-order valence-electron chi connectivity index (χ3n) is 4.81. The third kappa shape index (κ3) is 3.57. The molecule has 2 heterocycles. The van der Waals surface area contributed by atoms with Crippen LogP contribution in [0.15, 0.2) is 60.7 Å². The van der Waals surface area contributed by atoms with E-state index in [1.54, 1.807) is 0 Å². The summed E-state index contributed by atoms with van der Waals surface area (Å²) in [6.45, 7) is 4.74. The fourth-order valence-electron chi connectivity index (χ4n) is 3.48. The Morgan fingerprint density at radius 2 is 1.79 bits per heavy atom. The lowest BCUT2D eigenvalue weighted by molar-refractivity contribution is 0.255. The van der Waals surface area contributed by atoms with Crippen molar-refractivity contribution in [1.82, 2.24) is 35.3 Å². The summed E-state index contributed by atoms with van der Waals surface area (Å²) < 4.78 is 1.83. The van der Waals surface area contributed by atoms with E-state index in [4.69, 9.17) is 0 Å². The monoisotopic (exact) mass is 373 g/mol. The third-order valence-corrected chi connectivity index (χ3v) is 4.81. The van der Waals surface area contributed by atoms with Crippen LogP contribution in [0.5, 0.6) is 0 Å². The number of rotatable bonds is 6. The fraction of sp³-hybridized carbons (Fsp3) is 0.238. The van der Waals surface area contributed by atoms with E-state index < -0.39 is 0 Å². The molecule has 1 N–H and O–H groups in total. The molecule has 7 nitrogen and oxygen atoms in total. The Balaban J connectivity index is 1.77. The van der Waals surface area contributed by atoms with Gasteiger partial charge >= 0.3 is 0 Å². The Hall–Kier alpha value is -3.32. The van der Waals surface area contributed by atoms with Crippen molar-refractivity contribution in [1.29, 1.82) is 0 Å². The van der Waals surface area contributed by atoms with Crippen molar-refractivity contribution in [2.45, 2.75) is 26.4 Å². The molecule has 1 atom stereocenters. The molecule has 28 heavy (non-hydrogen) atoms. The summed E-state index contributed by atoms with van der Waals surface area (Å²) in [7, 11) is 2.07. The zero-order valence-electron chi connectivity index (χ0n) is 16.2. The van der Waals surface area contributed by atoms with Crippen LogP contribution in [0, 0.1) is 13.8 Å². The molecule has 0 amide bonds. The topological polar surface area (TPSA) is 75.5 Å². The highest BCUT2D eigenvalue weighted by Gasteiger charge is 2.27. The van der Waals surface area contributed by atoms with Crippen molar-refractivity contribution >= 4 is 0 Å². The molecule has 0 aliphatic heterocycles. The summed E-state index contributed by atoms with van der Waals surface area (Å²) in [6, 6.07) is 20.4. The Kier molecular flexibility index (Phi) is 4.99. The van der Waals surface area contributed by atoms with Gasteiger partial charge in [-0.05, 0) is 54.6 Å². The van der Waals surface area contributed by atoms with Crippen molar-refractivity contribution in [3.05, 3.63) is 89.0 Å². The Morgan fingerprint density at radius 1 is 1.04 bits per heavy atom. The Morgan fingerprint density at radius 3 is 2.50 bits per heavy atom. The molecule has 0 saturated carbocycles. The number of aromatic amines is 1. The molecule has 2 aromatic carbocycles. The van der Waals surface area contributed by atoms with Gasteiger partial charge in [0, 0.05) is 12.2 Å². The highest BCUT2D eigenvalue weighted by atomic mass is 15.6. The summed E-state index contributed by atoms with van der Waals surface area (Å²) in [5.41, 5.74) is 5.25. The van der Waals surface area contributed by atoms with Crippen LogP contribution in [0.2, 0.25) is 0 Å². The van der Waals surface area contributed by atoms with E-state index in [0.29, 0.717) is 6.54 Å². The number of H-pyrrole nitrogens is 1. The van der Waals surface area contributed by atoms with Crippen LogP contribution in [0.4, 0.5) is 0 Å². The largest absolute Gasteiger partial charge is 0.287 e. The smallest absolute Gasteiger partial charge is 0.178 e. The molecule has 0 aliphatic carbocycles. The zero-order chi connectivity index (χ0) is 19.5. The van der Waals surface area contributed by atoms with Gasteiger partial charge < -0.3 is 0 Å². The maximum atomic E-state index is 4.41. The average Bonchev–Trinajstić information content (AvgIpc) is 3.32. The van der Waals surface area contributed by atoms with Crippen molar-refractivity contribution < 1.29 is 0 Å². The molecule has 0 fully saturated rings. The van der Waals surface area contributed by atoms with Gasteiger partial charge in [0.05, 0.1) is 17.4 Å². The van der Waals surface area contributed by atoms with Gasteiger partial charge in [-0.2, -0.15) is 9.78 Å². The molecule has 0 radical (unpaired) electrons. The first-order valence-electron chi connectivity index (χ1n) is 9.24. The summed E-state index contributed by atoms with van der Waals surface area (Å²) in [5, 5.41) is 20.1. The minimum Gasteiger partial charge on any atom is -0.287 e. The second kappa shape index (κ2) is 7.74. The number of para-hydroxylation sites is 1. The van der Waals surface area contributed by atoms with E-state index in [-0.39, 0.29) is 6.04 Å². The molecular weight excluding hydrogens is 350 g/mol. The van der Waals surface area contributed by atoms with Crippen LogP contribution in [-0.2, 0) is 6.54 Å². The number of hydrogen-bond acceptors (Lipinski definition) is 5. The predicted molar refractivity (Wildman–Crippen MR) is 107 cm³/mol. The van der Waals surface area contributed by atoms with Crippen molar-refractivity contribution in [2.75, 3.05) is 7.05 Å². The molecule has 0 saturated heterocycles. The number of nitrogens with one attached hydrogen (secondary N) is 1. The summed E-state index contributed by atoms with van der Waals surface area (Å²) >= 11 is 0. The van der Waals surface area contributed by atoms with E-state index in [9.17, 15) is 0 Å². The lowest BCUT2D eigenvalue weighted by Crippen LogP contribution is -2.28. The predicted octanol–water partition coefficient (Wildman–Crippen LogP) is 3.22. The van der Waals surface area contributed by atoms with Gasteiger partial charge in [-0.3, -0.25) is 10.00 Å². The van der Waals surface area contributed by atoms with Crippen LogP contribution in [0.1, 0.15) is 34.4 Å².